The summed E-state index contributed by atoms with van der Waals surface area (Å²) < 4.78 is 4.82. The summed E-state index contributed by atoms with van der Waals surface area (Å²) in [6.45, 7) is 0. The van der Waals surface area contributed by atoms with Gasteiger partial charge in [-0.15, -0.1) is 0 Å². The van der Waals surface area contributed by atoms with Crippen LogP contribution >= 0.6 is 15.9 Å². The Morgan fingerprint density at radius 2 is 2.11 bits per heavy atom. The second-order valence-corrected chi connectivity index (χ2v) is 5.64. The molecule has 0 aliphatic heterocycles. The van der Waals surface area contributed by atoms with Gasteiger partial charge in [0, 0.05) is 19.1 Å². The van der Waals surface area contributed by atoms with Crippen molar-refractivity contribution in [1.82, 2.24) is 0 Å². The van der Waals surface area contributed by atoms with E-state index in [0.29, 0.717) is 12.0 Å². The van der Waals surface area contributed by atoms with Crippen LogP contribution in [-0.4, -0.2) is 17.4 Å². The third-order valence-electron chi connectivity index (χ3n) is 2.96. The smallest absolute Gasteiger partial charge is 0.185 e. The number of ether oxygens (including phenoxy) is 1. The molecular weight excluding hydrogens is 304 g/mol. The molecule has 1 atom stereocenters. The van der Waals surface area contributed by atoms with E-state index in [1.54, 1.807) is 19.3 Å². The Hall–Kier alpha value is -1.45. The van der Waals surface area contributed by atoms with E-state index < -0.39 is 4.51 Å². The number of hydrogen-bond donors (Lipinski definition) is 0. The highest BCUT2D eigenvalue weighted by molar-refractivity contribution is 9.10. The summed E-state index contributed by atoms with van der Waals surface area (Å²) in [4.78, 5) is 12.0. The summed E-state index contributed by atoms with van der Waals surface area (Å²) >= 11 is 3.46. The van der Waals surface area contributed by atoms with Crippen LogP contribution in [-0.2, 0) is 9.53 Å². The van der Waals surface area contributed by atoms with E-state index in [-0.39, 0.29) is 5.78 Å². The highest BCUT2D eigenvalue weighted by Gasteiger charge is 2.24. The molecule has 0 amide bonds. The van der Waals surface area contributed by atoms with Gasteiger partial charge >= 0.3 is 0 Å². The quantitative estimate of drug-likeness (QED) is 0.622. The lowest BCUT2D eigenvalue weighted by atomic mass is 10.0. The van der Waals surface area contributed by atoms with Crippen molar-refractivity contribution in [1.29, 1.82) is 0 Å². The van der Waals surface area contributed by atoms with Crippen LogP contribution in [0.5, 0.6) is 0 Å². The molecule has 98 valence electrons. The molecule has 0 saturated heterocycles. The molecule has 1 aliphatic rings. The number of carbonyl (C=O) groups excluding carboxylic acids is 1. The largest absolute Gasteiger partial charge is 0.363 e. The summed E-state index contributed by atoms with van der Waals surface area (Å²) in [5, 5.41) is 0. The molecule has 3 heteroatoms. The standard InChI is InChI=1S/C16H15BrO2/c1-19-16(17)11-9-14(10-12-16)15(18)8-7-13-5-3-2-4-6-13/h2-11H,12H2,1H3. The average molecular weight is 319 g/mol. The lowest BCUT2D eigenvalue weighted by Crippen LogP contribution is -2.22. The van der Waals surface area contributed by atoms with Crippen molar-refractivity contribution in [3.05, 3.63) is 65.8 Å². The van der Waals surface area contributed by atoms with Crippen molar-refractivity contribution in [2.75, 3.05) is 7.11 Å². The zero-order chi connectivity index (χ0) is 13.7. The van der Waals surface area contributed by atoms with Gasteiger partial charge in [-0.3, -0.25) is 4.79 Å². The molecule has 0 bridgehead atoms. The number of ketones is 1. The monoisotopic (exact) mass is 318 g/mol. The van der Waals surface area contributed by atoms with Crippen molar-refractivity contribution in [3.8, 4) is 0 Å². The topological polar surface area (TPSA) is 26.3 Å². The van der Waals surface area contributed by atoms with Crippen molar-refractivity contribution in [2.24, 2.45) is 0 Å². The van der Waals surface area contributed by atoms with E-state index >= 15 is 0 Å². The highest BCUT2D eigenvalue weighted by Crippen LogP contribution is 2.30. The lowest BCUT2D eigenvalue weighted by Gasteiger charge is -2.23. The SMILES string of the molecule is COC1(Br)C=CC(C(=O)C=Cc2ccccc2)=CC1. The first-order valence-electron chi connectivity index (χ1n) is 6.04. The number of carbonyl (C=O) groups is 1. The molecule has 1 aromatic rings. The summed E-state index contributed by atoms with van der Waals surface area (Å²) in [6, 6.07) is 9.77. The first-order chi connectivity index (χ1) is 9.13. The minimum atomic E-state index is -0.472. The second-order valence-electron chi connectivity index (χ2n) is 4.30. The summed E-state index contributed by atoms with van der Waals surface area (Å²) in [5.74, 6) is 0.00533. The molecule has 0 heterocycles. The van der Waals surface area contributed by atoms with E-state index in [1.807, 2.05) is 48.6 Å². The fourth-order valence-electron chi connectivity index (χ4n) is 1.77. The van der Waals surface area contributed by atoms with Crippen molar-refractivity contribution in [3.63, 3.8) is 0 Å². The third kappa shape index (κ3) is 3.75. The van der Waals surface area contributed by atoms with E-state index in [1.165, 1.54) is 0 Å². The van der Waals surface area contributed by atoms with Crippen LogP contribution < -0.4 is 0 Å². The molecule has 0 spiro atoms. The van der Waals surface area contributed by atoms with Crippen LogP contribution in [0.3, 0.4) is 0 Å². The Bertz CT molecular complexity index is 543. The molecule has 2 nitrogen and oxygen atoms in total. The molecule has 1 aromatic carbocycles. The summed E-state index contributed by atoms with van der Waals surface area (Å²) in [7, 11) is 1.63. The van der Waals surface area contributed by atoms with Crippen LogP contribution in [0.15, 0.2) is 60.2 Å². The third-order valence-corrected chi connectivity index (χ3v) is 3.87. The van der Waals surface area contributed by atoms with Gasteiger partial charge in [0.05, 0.1) is 0 Å². The van der Waals surface area contributed by atoms with Gasteiger partial charge in [-0.25, -0.2) is 0 Å². The van der Waals surface area contributed by atoms with Crippen molar-refractivity contribution < 1.29 is 9.53 Å². The van der Waals surface area contributed by atoms with Gasteiger partial charge in [-0.05, 0) is 33.6 Å². The Morgan fingerprint density at radius 3 is 2.68 bits per heavy atom. The lowest BCUT2D eigenvalue weighted by molar-refractivity contribution is -0.111. The van der Waals surface area contributed by atoms with Gasteiger partial charge < -0.3 is 4.74 Å². The fourth-order valence-corrected chi connectivity index (χ4v) is 2.06. The first-order valence-corrected chi connectivity index (χ1v) is 6.83. The number of rotatable bonds is 4. The Labute approximate surface area is 121 Å². The second kappa shape index (κ2) is 6.13. The molecule has 2 rings (SSSR count). The molecule has 0 aromatic heterocycles. The normalized spacial score (nSPS) is 22.5. The zero-order valence-electron chi connectivity index (χ0n) is 10.7. The maximum absolute atomic E-state index is 12.0. The molecule has 0 N–H and O–H groups in total. The van der Waals surface area contributed by atoms with E-state index in [0.717, 1.165) is 5.56 Å². The van der Waals surface area contributed by atoms with Gasteiger partial charge in [0.1, 0.15) is 4.51 Å². The van der Waals surface area contributed by atoms with Crippen LogP contribution in [0.2, 0.25) is 0 Å². The Morgan fingerprint density at radius 1 is 1.37 bits per heavy atom. The highest BCUT2D eigenvalue weighted by atomic mass is 79.9. The maximum Gasteiger partial charge on any atom is 0.185 e. The van der Waals surface area contributed by atoms with Crippen LogP contribution in [0.4, 0.5) is 0 Å². The number of halogens is 1. The molecular formula is C16H15BrO2. The first kappa shape index (κ1) is 14.0. The van der Waals surface area contributed by atoms with Crippen LogP contribution in [0, 0.1) is 0 Å². The van der Waals surface area contributed by atoms with Gasteiger partial charge in [-0.1, -0.05) is 48.6 Å². The number of benzene rings is 1. The zero-order valence-corrected chi connectivity index (χ0v) is 12.3. The molecule has 0 radical (unpaired) electrons. The minimum absolute atomic E-state index is 0.00533. The van der Waals surface area contributed by atoms with Gasteiger partial charge in [0.2, 0.25) is 0 Å². The molecule has 0 fully saturated rings. The summed E-state index contributed by atoms with van der Waals surface area (Å²) in [6.07, 6.45) is 9.59. The van der Waals surface area contributed by atoms with Crippen LogP contribution in [0.1, 0.15) is 12.0 Å². The minimum Gasteiger partial charge on any atom is -0.363 e. The number of alkyl halides is 1. The van der Waals surface area contributed by atoms with Crippen molar-refractivity contribution >= 4 is 27.8 Å². The fraction of sp³-hybridized carbons (Fsp3) is 0.188. The Balaban J connectivity index is 2.03. The van der Waals surface area contributed by atoms with Gasteiger partial charge in [-0.2, -0.15) is 0 Å². The molecule has 0 saturated carbocycles. The number of hydrogen-bond acceptors (Lipinski definition) is 2. The molecule has 1 unspecified atom stereocenters. The van der Waals surface area contributed by atoms with Crippen LogP contribution in [0.25, 0.3) is 6.08 Å². The predicted octanol–water partition coefficient (Wildman–Crippen LogP) is 3.89. The van der Waals surface area contributed by atoms with E-state index in [4.69, 9.17) is 4.74 Å². The van der Waals surface area contributed by atoms with Gasteiger partial charge in [0.15, 0.2) is 5.78 Å². The number of methoxy groups -OCH3 is 1. The van der Waals surface area contributed by atoms with E-state index in [2.05, 4.69) is 15.9 Å². The van der Waals surface area contributed by atoms with Crippen molar-refractivity contribution in [2.45, 2.75) is 10.9 Å². The average Bonchev–Trinajstić information content (AvgIpc) is 2.47. The summed E-state index contributed by atoms with van der Waals surface area (Å²) in [5.41, 5.74) is 1.71. The molecule has 1 aliphatic carbocycles. The molecule has 19 heavy (non-hydrogen) atoms. The van der Waals surface area contributed by atoms with Gasteiger partial charge in [0.25, 0.3) is 0 Å². The predicted molar refractivity (Wildman–Crippen MR) is 81.0 cm³/mol. The number of allylic oxidation sites excluding steroid dienone is 3. The maximum atomic E-state index is 12.0. The van der Waals surface area contributed by atoms with E-state index in [9.17, 15) is 4.79 Å². The Kier molecular flexibility index (Phi) is 4.51.